The third-order valence-electron chi connectivity index (χ3n) is 0.0956. The standard InChI is InChI=1S/C2HNO2.2C2H4O2.Fe.Na.H/c3-1-2(4)5;2*1-2(3)4;;;/h(H,4,5);2*1H3,(H,3,4);;;/q;;;;+1;-1. The van der Waals surface area contributed by atoms with Crippen molar-refractivity contribution >= 4 is 17.9 Å². The molecule has 0 spiro atoms. The van der Waals surface area contributed by atoms with Crippen molar-refractivity contribution in [2.45, 2.75) is 13.8 Å². The van der Waals surface area contributed by atoms with E-state index in [1.165, 1.54) is 0 Å². The van der Waals surface area contributed by atoms with Crippen LogP contribution in [0.1, 0.15) is 15.3 Å². The molecule has 9 heteroatoms. The Balaban J connectivity index is -0.0000000216. The molecule has 0 bridgehead atoms. The van der Waals surface area contributed by atoms with E-state index in [0.29, 0.717) is 0 Å². The summed E-state index contributed by atoms with van der Waals surface area (Å²) in [7, 11) is 0. The molecule has 0 saturated heterocycles. The van der Waals surface area contributed by atoms with Gasteiger partial charge in [0.2, 0.25) is 0 Å². The number of carboxylic acids is 3. The van der Waals surface area contributed by atoms with Gasteiger partial charge in [-0.2, -0.15) is 5.26 Å². The molecule has 0 radical (unpaired) electrons. The van der Waals surface area contributed by atoms with E-state index in [-0.39, 0.29) is 48.1 Å². The van der Waals surface area contributed by atoms with Crippen LogP contribution in [0, 0.1) is 11.3 Å². The molecule has 7 nitrogen and oxygen atoms in total. The van der Waals surface area contributed by atoms with Gasteiger partial charge < -0.3 is 16.7 Å². The molecule has 0 aliphatic carbocycles. The Labute approximate surface area is 120 Å². The summed E-state index contributed by atoms with van der Waals surface area (Å²) in [4.78, 5) is 27.0. The van der Waals surface area contributed by atoms with Crippen LogP contribution < -0.4 is 29.6 Å². The molecule has 0 aromatic heterocycles. The molecular weight excluding hydrogens is 261 g/mol. The summed E-state index contributed by atoms with van der Waals surface area (Å²) in [5.41, 5.74) is 0. The van der Waals surface area contributed by atoms with Crippen molar-refractivity contribution in [1.29, 1.82) is 5.26 Å². The second-order valence-electron chi connectivity index (χ2n) is 1.45. The molecule has 0 aliphatic heterocycles. The van der Waals surface area contributed by atoms with Crippen molar-refractivity contribution in [3.05, 3.63) is 0 Å². The molecule has 84 valence electrons. The predicted octanol–water partition coefficient (Wildman–Crippen LogP) is -3.11. The van der Waals surface area contributed by atoms with Gasteiger partial charge in [0, 0.05) is 30.9 Å². The molecule has 0 atom stereocenters. The Kier molecular flexibility index (Phi) is 45.5. The van der Waals surface area contributed by atoms with Crippen LogP contribution in [0.15, 0.2) is 0 Å². The van der Waals surface area contributed by atoms with Gasteiger partial charge in [-0.25, -0.2) is 4.79 Å². The molecule has 0 aliphatic rings. The van der Waals surface area contributed by atoms with E-state index < -0.39 is 17.9 Å². The molecule has 15 heavy (non-hydrogen) atoms. The summed E-state index contributed by atoms with van der Waals surface area (Å²) >= 11 is 0. The zero-order chi connectivity index (χ0) is 11.4. The van der Waals surface area contributed by atoms with Crippen LogP contribution >= 0.6 is 0 Å². The third kappa shape index (κ3) is 868. The SMILES string of the molecule is CC(=O)O.CC(=O)O.N#CC(=O)O.[Fe].[H-].[Na+]. The summed E-state index contributed by atoms with van der Waals surface area (Å²) in [5, 5.41) is 29.5. The fourth-order valence-corrected chi connectivity index (χ4v) is 0. The Morgan fingerprint density at radius 2 is 1.13 bits per heavy atom. The quantitative estimate of drug-likeness (QED) is 0.241. The van der Waals surface area contributed by atoms with Gasteiger partial charge in [-0.1, -0.05) is 0 Å². The second kappa shape index (κ2) is 23.3. The predicted molar refractivity (Wildman–Crippen MR) is 41.0 cm³/mol. The van der Waals surface area contributed by atoms with Crippen LogP contribution in [-0.4, -0.2) is 33.2 Å². The average Bonchev–Trinajstić information content (AvgIpc) is 1.84. The zero-order valence-corrected chi connectivity index (χ0v) is 11.5. The van der Waals surface area contributed by atoms with Crippen LogP contribution in [0.5, 0.6) is 0 Å². The van der Waals surface area contributed by atoms with Gasteiger partial charge in [-0.3, -0.25) is 9.59 Å². The Bertz CT molecular complexity index is 212. The number of hydrogen-bond donors (Lipinski definition) is 3. The number of carbonyl (C=O) groups is 3. The van der Waals surface area contributed by atoms with E-state index in [9.17, 15) is 0 Å². The first-order valence-electron chi connectivity index (χ1n) is 2.76. The van der Waals surface area contributed by atoms with Crippen molar-refractivity contribution in [3.63, 3.8) is 0 Å². The van der Waals surface area contributed by atoms with Gasteiger partial charge >= 0.3 is 35.5 Å². The van der Waals surface area contributed by atoms with Crippen molar-refractivity contribution in [1.82, 2.24) is 0 Å². The third-order valence-corrected chi connectivity index (χ3v) is 0.0956. The Morgan fingerprint density at radius 3 is 1.13 bits per heavy atom. The molecule has 0 unspecified atom stereocenters. The van der Waals surface area contributed by atoms with E-state index >= 15 is 0 Å². The number of rotatable bonds is 0. The minimum absolute atomic E-state index is 0. The van der Waals surface area contributed by atoms with Gasteiger partial charge in [0.25, 0.3) is 11.9 Å². The molecular formula is C6H10FeNNaO6. The maximum atomic E-state index is 9.01. The maximum absolute atomic E-state index is 9.01. The zero-order valence-electron chi connectivity index (χ0n) is 9.37. The number of hydrogen-bond acceptors (Lipinski definition) is 4. The minimum Gasteiger partial charge on any atom is -1.00 e. The summed E-state index contributed by atoms with van der Waals surface area (Å²) in [5.74, 6) is -3.11. The number of aliphatic carboxylic acids is 3. The molecule has 0 aromatic carbocycles. The first-order valence-corrected chi connectivity index (χ1v) is 2.76. The van der Waals surface area contributed by atoms with Crippen molar-refractivity contribution in [2.75, 3.05) is 0 Å². The number of nitrogens with zero attached hydrogens (tertiary/aromatic N) is 1. The van der Waals surface area contributed by atoms with E-state index in [4.69, 9.17) is 35.0 Å². The first kappa shape index (κ1) is 29.3. The largest absolute Gasteiger partial charge is 1.00 e. The van der Waals surface area contributed by atoms with Crippen LogP contribution in [0.3, 0.4) is 0 Å². The van der Waals surface area contributed by atoms with E-state index in [2.05, 4.69) is 0 Å². The summed E-state index contributed by atoms with van der Waals surface area (Å²) in [6.07, 6.45) is 0. The summed E-state index contributed by atoms with van der Waals surface area (Å²) in [6, 6.07) is 0.944. The minimum atomic E-state index is -1.44. The fraction of sp³-hybridized carbons (Fsp3) is 0.333. The van der Waals surface area contributed by atoms with Crippen LogP contribution in [-0.2, 0) is 31.5 Å². The molecule has 0 heterocycles. The molecule has 0 amide bonds. The number of carboxylic acid groups (broad SMARTS) is 3. The van der Waals surface area contributed by atoms with Crippen molar-refractivity contribution in [3.8, 4) is 6.07 Å². The van der Waals surface area contributed by atoms with Crippen LogP contribution in [0.4, 0.5) is 0 Å². The van der Waals surface area contributed by atoms with Gasteiger partial charge in [0.1, 0.15) is 0 Å². The molecule has 0 rings (SSSR count). The second-order valence-corrected chi connectivity index (χ2v) is 1.45. The topological polar surface area (TPSA) is 136 Å². The summed E-state index contributed by atoms with van der Waals surface area (Å²) < 4.78 is 0. The average molecular weight is 271 g/mol. The van der Waals surface area contributed by atoms with Gasteiger partial charge in [0.15, 0.2) is 6.07 Å². The summed E-state index contributed by atoms with van der Waals surface area (Å²) in [6.45, 7) is 2.17. The molecule has 3 N–H and O–H groups in total. The molecule has 0 fully saturated rings. The maximum Gasteiger partial charge on any atom is 1.00 e. The molecule has 0 aromatic rings. The van der Waals surface area contributed by atoms with Gasteiger partial charge in [-0.15, -0.1) is 0 Å². The fourth-order valence-electron chi connectivity index (χ4n) is 0. The number of nitriles is 1. The van der Waals surface area contributed by atoms with Crippen molar-refractivity contribution in [2.24, 2.45) is 0 Å². The van der Waals surface area contributed by atoms with E-state index in [0.717, 1.165) is 19.9 Å². The Morgan fingerprint density at radius 1 is 1.07 bits per heavy atom. The van der Waals surface area contributed by atoms with Gasteiger partial charge in [-0.05, 0) is 0 Å². The Hall–Kier alpha value is -0.581. The van der Waals surface area contributed by atoms with E-state index in [1.54, 1.807) is 0 Å². The van der Waals surface area contributed by atoms with Gasteiger partial charge in [0.05, 0.1) is 0 Å². The van der Waals surface area contributed by atoms with E-state index in [1.807, 2.05) is 0 Å². The first-order chi connectivity index (χ1) is 5.73. The normalized spacial score (nSPS) is 5.13. The van der Waals surface area contributed by atoms with Crippen LogP contribution in [0.25, 0.3) is 0 Å². The smallest absolute Gasteiger partial charge is 1.00 e. The monoisotopic (exact) mass is 271 g/mol. The van der Waals surface area contributed by atoms with Crippen molar-refractivity contribution < 1.29 is 77.8 Å². The van der Waals surface area contributed by atoms with Crippen LogP contribution in [0.2, 0.25) is 0 Å². The molecule has 0 saturated carbocycles.